The van der Waals surface area contributed by atoms with Crippen molar-refractivity contribution in [2.75, 3.05) is 0 Å². The zero-order valence-corrected chi connectivity index (χ0v) is 17.8. The normalized spacial score (nSPS) is 13.9. The molecule has 0 unspecified atom stereocenters. The first-order chi connectivity index (χ1) is 7.83. The molecule has 20 heavy (non-hydrogen) atoms. The summed E-state index contributed by atoms with van der Waals surface area (Å²) >= 11 is 1.94. The SMILES string of the molecule is CC(C)(C)c1ccsc1[Si](C)(C)C1=[C-]CC=C1.Cl.Cl.[Ti]. The summed E-state index contributed by atoms with van der Waals surface area (Å²) in [6.07, 6.45) is 9.06. The molecule has 0 aliphatic heterocycles. The molecule has 0 aromatic carbocycles. The second-order valence-electron chi connectivity index (χ2n) is 6.24. The van der Waals surface area contributed by atoms with E-state index in [0.717, 1.165) is 6.42 Å². The summed E-state index contributed by atoms with van der Waals surface area (Å²) in [6, 6.07) is 2.31. The Kier molecular flexibility index (Phi) is 9.60. The predicted molar refractivity (Wildman–Crippen MR) is 95.1 cm³/mol. The van der Waals surface area contributed by atoms with Gasteiger partial charge in [-0.1, -0.05) is 33.9 Å². The average molecular weight is 382 g/mol. The first-order valence-corrected chi connectivity index (χ1v) is 10.1. The van der Waals surface area contributed by atoms with Gasteiger partial charge in [-0.25, -0.2) is 11.3 Å². The molecule has 0 atom stereocenters. The van der Waals surface area contributed by atoms with Crippen molar-refractivity contribution in [1.29, 1.82) is 0 Å². The van der Waals surface area contributed by atoms with Crippen molar-refractivity contribution in [2.45, 2.75) is 45.7 Å². The number of thiophene rings is 1. The molecule has 0 amide bonds. The molecule has 0 N–H and O–H groups in total. The minimum atomic E-state index is -1.51. The molecule has 0 radical (unpaired) electrons. The maximum Gasteiger partial charge on any atom is 0.0886 e. The summed E-state index contributed by atoms with van der Waals surface area (Å²) in [7, 11) is -1.51. The Morgan fingerprint density at radius 1 is 1.20 bits per heavy atom. The van der Waals surface area contributed by atoms with Gasteiger partial charge in [0, 0.05) is 21.7 Å². The van der Waals surface area contributed by atoms with Crippen LogP contribution in [0.15, 0.2) is 28.8 Å². The van der Waals surface area contributed by atoms with Crippen LogP contribution in [0.5, 0.6) is 0 Å². The van der Waals surface area contributed by atoms with Gasteiger partial charge in [-0.2, -0.15) is 17.4 Å². The van der Waals surface area contributed by atoms with Gasteiger partial charge in [0.25, 0.3) is 0 Å². The smallest absolute Gasteiger partial charge is 0.0886 e. The molecule has 0 spiro atoms. The van der Waals surface area contributed by atoms with E-state index in [-0.39, 0.29) is 51.9 Å². The van der Waals surface area contributed by atoms with E-state index in [9.17, 15) is 0 Å². The van der Waals surface area contributed by atoms with Crippen molar-refractivity contribution in [2.24, 2.45) is 0 Å². The van der Waals surface area contributed by atoms with Gasteiger partial charge in [0.1, 0.15) is 0 Å². The van der Waals surface area contributed by atoms with E-state index < -0.39 is 8.07 Å². The second-order valence-corrected chi connectivity index (χ2v) is 11.8. The summed E-state index contributed by atoms with van der Waals surface area (Å²) in [4.78, 5) is 0. The fourth-order valence-corrected chi connectivity index (χ4v) is 7.35. The van der Waals surface area contributed by atoms with Crippen LogP contribution in [0, 0.1) is 6.08 Å². The molecule has 0 bridgehead atoms. The predicted octanol–water partition coefficient (Wildman–Crippen LogP) is 5.03. The third-order valence-electron chi connectivity index (χ3n) is 3.41. The van der Waals surface area contributed by atoms with Crippen molar-refractivity contribution in [3.8, 4) is 0 Å². The summed E-state index contributed by atoms with van der Waals surface area (Å²) in [6.45, 7) is 11.8. The molecule has 0 saturated heterocycles. The van der Waals surface area contributed by atoms with Gasteiger partial charge in [-0.05, 0) is 26.9 Å². The van der Waals surface area contributed by atoms with Gasteiger partial charge in [0.05, 0.1) is 8.07 Å². The van der Waals surface area contributed by atoms with Crippen molar-refractivity contribution < 1.29 is 21.7 Å². The quantitative estimate of drug-likeness (QED) is 0.497. The van der Waals surface area contributed by atoms with Gasteiger partial charge in [-0.3, -0.25) is 6.08 Å². The summed E-state index contributed by atoms with van der Waals surface area (Å²) in [5.74, 6) is 0. The molecule has 1 aliphatic rings. The second kappa shape index (κ2) is 8.36. The van der Waals surface area contributed by atoms with E-state index in [4.69, 9.17) is 0 Å². The summed E-state index contributed by atoms with van der Waals surface area (Å²) in [5.41, 5.74) is 1.79. The van der Waals surface area contributed by atoms with Crippen molar-refractivity contribution in [1.82, 2.24) is 0 Å². The van der Waals surface area contributed by atoms with Crippen molar-refractivity contribution in [3.05, 3.63) is 40.4 Å². The van der Waals surface area contributed by atoms with Crippen LogP contribution in [-0.2, 0) is 27.1 Å². The Bertz CT molecular complexity index is 484. The van der Waals surface area contributed by atoms with E-state index in [2.05, 4.69) is 63.5 Å². The molecule has 112 valence electrons. The van der Waals surface area contributed by atoms with E-state index in [1.165, 1.54) is 10.8 Å². The van der Waals surface area contributed by atoms with E-state index in [1.807, 2.05) is 11.3 Å². The van der Waals surface area contributed by atoms with E-state index in [0.29, 0.717) is 0 Å². The molecule has 0 fully saturated rings. The first kappa shape index (κ1) is 23.0. The van der Waals surface area contributed by atoms with Gasteiger partial charge >= 0.3 is 0 Å². The summed E-state index contributed by atoms with van der Waals surface area (Å²) in [5, 5.41) is 3.73. The number of allylic oxidation sites excluding steroid dienone is 4. The van der Waals surface area contributed by atoms with E-state index >= 15 is 0 Å². The monoisotopic (exact) mass is 381 g/mol. The molecule has 1 aliphatic carbocycles. The van der Waals surface area contributed by atoms with Crippen LogP contribution in [0.1, 0.15) is 32.8 Å². The van der Waals surface area contributed by atoms with Gasteiger partial charge in [-0.15, -0.1) is 31.2 Å². The Balaban J connectivity index is 0. The van der Waals surface area contributed by atoms with Crippen LogP contribution in [0.2, 0.25) is 13.1 Å². The molecular weight excluding hydrogens is 359 g/mol. The van der Waals surface area contributed by atoms with Gasteiger partial charge in [0.15, 0.2) is 0 Å². The van der Waals surface area contributed by atoms with Crippen LogP contribution in [0.3, 0.4) is 0 Å². The number of rotatable bonds is 2. The fraction of sp³-hybridized carbons (Fsp3) is 0.467. The molecule has 0 nitrogen and oxygen atoms in total. The van der Waals surface area contributed by atoms with E-state index in [1.54, 1.807) is 4.50 Å². The van der Waals surface area contributed by atoms with Crippen LogP contribution in [0.4, 0.5) is 0 Å². The van der Waals surface area contributed by atoms with Crippen molar-refractivity contribution >= 4 is 48.7 Å². The zero-order valence-electron chi connectivity index (χ0n) is 12.7. The standard InChI is InChI=1S/C15H21SSi.2ClH.Ti/c1-15(2,3)13-10-11-16-14(13)17(4,5)12-8-6-7-9-12;;;/h6,8,10-11H,7H2,1-5H3;2*1H;/q-1;;;. The Labute approximate surface area is 155 Å². The van der Waals surface area contributed by atoms with Crippen LogP contribution in [-0.4, -0.2) is 8.07 Å². The number of hydrogen-bond donors (Lipinski definition) is 0. The fourth-order valence-electron chi connectivity index (χ4n) is 2.34. The van der Waals surface area contributed by atoms with Crippen LogP contribution in [0.25, 0.3) is 0 Å². The van der Waals surface area contributed by atoms with Crippen LogP contribution < -0.4 is 4.50 Å². The maximum atomic E-state index is 3.54. The maximum absolute atomic E-state index is 3.54. The molecule has 0 saturated carbocycles. The van der Waals surface area contributed by atoms with Gasteiger partial charge < -0.3 is 0 Å². The Hall–Kier alpha value is 0.691. The average Bonchev–Trinajstić information content (AvgIpc) is 2.89. The molecule has 2 rings (SSSR count). The first-order valence-electron chi connectivity index (χ1n) is 6.20. The third kappa shape index (κ3) is 4.59. The molecule has 5 heteroatoms. The largest absolute Gasteiger partial charge is 0.273 e. The van der Waals surface area contributed by atoms with Gasteiger partial charge in [0.2, 0.25) is 0 Å². The third-order valence-corrected chi connectivity index (χ3v) is 9.12. The molecular formula is C15H23Cl2SSiTi-. The van der Waals surface area contributed by atoms with Crippen LogP contribution >= 0.6 is 36.2 Å². The Morgan fingerprint density at radius 2 is 1.80 bits per heavy atom. The number of halogens is 2. The molecule has 1 aromatic heterocycles. The Morgan fingerprint density at radius 3 is 2.25 bits per heavy atom. The number of hydrogen-bond acceptors (Lipinski definition) is 1. The molecule has 1 heterocycles. The molecule has 1 aromatic rings. The minimum Gasteiger partial charge on any atom is -0.273 e. The minimum absolute atomic E-state index is 0. The van der Waals surface area contributed by atoms with Crippen molar-refractivity contribution in [3.63, 3.8) is 0 Å². The summed E-state index contributed by atoms with van der Waals surface area (Å²) < 4.78 is 1.62. The topological polar surface area (TPSA) is 0 Å². The zero-order chi connectivity index (χ0) is 12.7.